The van der Waals surface area contributed by atoms with E-state index >= 15 is 0 Å². The highest BCUT2D eigenvalue weighted by molar-refractivity contribution is 5.92. The molecule has 1 aliphatic rings. The molecule has 5 rings (SSSR count). The number of fused-ring (bicyclic) bond motifs is 1. The van der Waals surface area contributed by atoms with E-state index < -0.39 is 5.43 Å². The zero-order valence-electron chi connectivity index (χ0n) is 20.8. The van der Waals surface area contributed by atoms with Crippen molar-refractivity contribution in [2.24, 2.45) is 0 Å². The molecule has 1 aliphatic heterocycles. The van der Waals surface area contributed by atoms with E-state index in [2.05, 4.69) is 33.8 Å². The molecular weight excluding hydrogens is 460 g/mol. The quantitative estimate of drug-likeness (QED) is 0.374. The maximum Gasteiger partial charge on any atom is 0.212 e. The molecular formula is C27H30N4O5. The second-order valence-electron chi connectivity index (χ2n) is 9.45. The number of aromatic amines is 1. The fourth-order valence-electron chi connectivity index (χ4n) is 4.65. The molecule has 0 bridgehead atoms. The second kappa shape index (κ2) is 9.23. The molecule has 1 saturated heterocycles. The van der Waals surface area contributed by atoms with Crippen molar-refractivity contribution in [3.8, 4) is 34.3 Å². The lowest BCUT2D eigenvalue weighted by atomic mass is 10.1. The fraction of sp³-hybridized carbons (Fsp3) is 0.333. The first kappa shape index (κ1) is 23.7. The summed E-state index contributed by atoms with van der Waals surface area (Å²) in [4.78, 5) is 17.8. The lowest BCUT2D eigenvalue weighted by Gasteiger charge is -2.38. The van der Waals surface area contributed by atoms with Gasteiger partial charge in [-0.25, -0.2) is 0 Å². The van der Waals surface area contributed by atoms with Crippen LogP contribution in [0.4, 0.5) is 5.69 Å². The molecule has 0 atom stereocenters. The SMILES string of the molecule is Cc1n[nH]c(C)c1Oc1c(O)cc(O)c2c(=O)cc(-c3ccc(N4CCN(C(C)C)CC4)cc3)oc12. The van der Waals surface area contributed by atoms with Crippen LogP contribution in [0.1, 0.15) is 25.2 Å². The molecule has 4 aromatic rings. The maximum absolute atomic E-state index is 13.0. The van der Waals surface area contributed by atoms with Crippen LogP contribution >= 0.6 is 0 Å². The highest BCUT2D eigenvalue weighted by Crippen LogP contribution is 2.43. The highest BCUT2D eigenvalue weighted by atomic mass is 16.5. The molecule has 1 fully saturated rings. The van der Waals surface area contributed by atoms with Gasteiger partial charge in [0.15, 0.2) is 22.5 Å². The summed E-state index contributed by atoms with van der Waals surface area (Å²) in [6.45, 7) is 11.9. The fourth-order valence-corrected chi connectivity index (χ4v) is 4.65. The number of H-pyrrole nitrogens is 1. The first-order chi connectivity index (χ1) is 17.2. The number of hydrogen-bond acceptors (Lipinski definition) is 8. The van der Waals surface area contributed by atoms with Gasteiger partial charge in [0.2, 0.25) is 5.75 Å². The topological polar surface area (TPSA) is 115 Å². The maximum atomic E-state index is 13.0. The third-order valence-corrected chi connectivity index (χ3v) is 6.74. The van der Waals surface area contributed by atoms with Crippen LogP contribution in [-0.4, -0.2) is 57.5 Å². The standard InChI is InChI=1S/C27H30N4O5/c1-15(2)30-9-11-31(12-10-30)19-7-5-18(6-8-19)23-14-21(33)24-20(32)13-22(34)26(27(24)35-23)36-25-16(3)28-29-17(25)4/h5-8,13-15,32,34H,9-12H2,1-4H3,(H,28,29). The Morgan fingerprint density at radius 1 is 1.00 bits per heavy atom. The van der Waals surface area contributed by atoms with Crippen LogP contribution in [0.5, 0.6) is 23.0 Å². The lowest BCUT2D eigenvalue weighted by Crippen LogP contribution is -2.48. The number of ether oxygens (including phenoxy) is 1. The molecule has 2 aromatic heterocycles. The zero-order valence-corrected chi connectivity index (χ0v) is 20.8. The molecule has 0 unspecified atom stereocenters. The molecule has 188 valence electrons. The van der Waals surface area contributed by atoms with Crippen LogP contribution in [-0.2, 0) is 0 Å². The van der Waals surface area contributed by atoms with Crippen LogP contribution in [0.2, 0.25) is 0 Å². The predicted molar refractivity (Wildman–Crippen MR) is 138 cm³/mol. The van der Waals surface area contributed by atoms with Gasteiger partial charge in [0.25, 0.3) is 0 Å². The normalized spacial score (nSPS) is 14.6. The molecule has 0 radical (unpaired) electrons. The van der Waals surface area contributed by atoms with Crippen molar-refractivity contribution in [3.05, 3.63) is 58.0 Å². The van der Waals surface area contributed by atoms with Crippen molar-refractivity contribution in [1.29, 1.82) is 0 Å². The number of benzene rings is 2. The average molecular weight is 491 g/mol. The van der Waals surface area contributed by atoms with Crippen molar-refractivity contribution < 1.29 is 19.4 Å². The molecule has 3 N–H and O–H groups in total. The summed E-state index contributed by atoms with van der Waals surface area (Å²) in [6, 6.07) is 10.8. The number of phenolic OH excluding ortho intramolecular Hbond substituents is 2. The number of nitrogens with one attached hydrogen (secondary N) is 1. The summed E-state index contributed by atoms with van der Waals surface area (Å²) in [5, 5.41) is 27.8. The van der Waals surface area contributed by atoms with Crippen LogP contribution in [0, 0.1) is 13.8 Å². The Morgan fingerprint density at radius 3 is 2.31 bits per heavy atom. The number of aryl methyl sites for hydroxylation is 2. The number of phenols is 2. The van der Waals surface area contributed by atoms with Crippen molar-refractivity contribution in [2.45, 2.75) is 33.7 Å². The molecule has 36 heavy (non-hydrogen) atoms. The summed E-state index contributed by atoms with van der Waals surface area (Å²) < 4.78 is 12.0. The predicted octanol–water partition coefficient (Wildman–Crippen LogP) is 4.53. The van der Waals surface area contributed by atoms with Gasteiger partial charge in [-0.15, -0.1) is 0 Å². The van der Waals surface area contributed by atoms with Gasteiger partial charge in [-0.05, 0) is 52.0 Å². The number of rotatable bonds is 5. The Morgan fingerprint density at radius 2 is 1.69 bits per heavy atom. The first-order valence-corrected chi connectivity index (χ1v) is 12.0. The minimum absolute atomic E-state index is 0.0381. The molecule has 0 amide bonds. The molecule has 2 aromatic carbocycles. The summed E-state index contributed by atoms with van der Waals surface area (Å²) >= 11 is 0. The van der Waals surface area contributed by atoms with Gasteiger partial charge >= 0.3 is 0 Å². The number of hydrogen-bond donors (Lipinski definition) is 3. The highest BCUT2D eigenvalue weighted by Gasteiger charge is 2.23. The number of aromatic hydroxyl groups is 2. The van der Waals surface area contributed by atoms with Crippen molar-refractivity contribution in [3.63, 3.8) is 0 Å². The van der Waals surface area contributed by atoms with Crippen LogP contribution in [0.25, 0.3) is 22.3 Å². The Labute approximate surface area is 208 Å². The van der Waals surface area contributed by atoms with Gasteiger partial charge in [0.05, 0.1) is 5.69 Å². The number of nitrogens with zero attached hydrogens (tertiary/aromatic N) is 3. The Balaban J connectivity index is 1.51. The third-order valence-electron chi connectivity index (χ3n) is 6.74. The molecule has 0 saturated carbocycles. The van der Waals surface area contributed by atoms with E-state index in [1.165, 1.54) is 6.07 Å². The minimum atomic E-state index is -0.442. The number of anilines is 1. The van der Waals surface area contributed by atoms with Crippen LogP contribution in [0.3, 0.4) is 0 Å². The van der Waals surface area contributed by atoms with Gasteiger partial charge in [-0.3, -0.25) is 14.8 Å². The summed E-state index contributed by atoms with van der Waals surface area (Å²) in [5.74, 6) is -0.0803. The monoisotopic (exact) mass is 490 g/mol. The van der Waals surface area contributed by atoms with Crippen molar-refractivity contribution >= 4 is 16.7 Å². The van der Waals surface area contributed by atoms with E-state index in [9.17, 15) is 15.0 Å². The molecule has 3 heterocycles. The van der Waals surface area contributed by atoms with Gasteiger partial charge in [-0.1, -0.05) is 0 Å². The smallest absolute Gasteiger partial charge is 0.212 e. The van der Waals surface area contributed by atoms with Gasteiger partial charge in [-0.2, -0.15) is 5.10 Å². The van der Waals surface area contributed by atoms with Crippen LogP contribution < -0.4 is 15.1 Å². The number of piperazine rings is 1. The molecule has 9 nitrogen and oxygen atoms in total. The number of aromatic nitrogens is 2. The van der Waals surface area contributed by atoms with Gasteiger partial charge in [0.1, 0.15) is 22.6 Å². The zero-order chi connectivity index (χ0) is 25.6. The first-order valence-electron chi connectivity index (χ1n) is 12.0. The van der Waals surface area contributed by atoms with E-state index in [0.717, 1.165) is 37.9 Å². The largest absolute Gasteiger partial charge is 0.507 e. The van der Waals surface area contributed by atoms with E-state index in [-0.39, 0.29) is 28.2 Å². The van der Waals surface area contributed by atoms with Crippen molar-refractivity contribution in [2.75, 3.05) is 31.1 Å². The molecule has 0 spiro atoms. The molecule has 9 heteroatoms. The minimum Gasteiger partial charge on any atom is -0.507 e. The third kappa shape index (κ3) is 4.26. The van der Waals surface area contributed by atoms with Crippen LogP contribution in [0.15, 0.2) is 45.6 Å². The van der Waals surface area contributed by atoms with Gasteiger partial charge in [0, 0.05) is 55.6 Å². The Kier molecular flexibility index (Phi) is 6.09. The van der Waals surface area contributed by atoms with E-state index in [4.69, 9.17) is 9.15 Å². The van der Waals surface area contributed by atoms with Crippen molar-refractivity contribution in [1.82, 2.24) is 15.1 Å². The second-order valence-corrected chi connectivity index (χ2v) is 9.45. The molecule has 0 aliphatic carbocycles. The Hall–Kier alpha value is -3.98. The summed E-state index contributed by atoms with van der Waals surface area (Å²) in [6.07, 6.45) is 0. The van der Waals surface area contributed by atoms with Gasteiger partial charge < -0.3 is 24.3 Å². The average Bonchev–Trinajstić information content (AvgIpc) is 3.18. The van der Waals surface area contributed by atoms with E-state index in [1.54, 1.807) is 13.8 Å². The Bertz CT molecular complexity index is 1450. The summed E-state index contributed by atoms with van der Waals surface area (Å²) in [7, 11) is 0. The van der Waals surface area contributed by atoms with E-state index in [0.29, 0.717) is 34.5 Å². The van der Waals surface area contributed by atoms with E-state index in [1.807, 2.05) is 24.3 Å². The lowest BCUT2D eigenvalue weighted by molar-refractivity contribution is 0.209. The summed E-state index contributed by atoms with van der Waals surface area (Å²) in [5.41, 5.74) is 2.55.